The second-order valence-electron chi connectivity index (χ2n) is 5.20. The summed E-state index contributed by atoms with van der Waals surface area (Å²) in [6, 6.07) is 9.11. The van der Waals surface area contributed by atoms with Crippen molar-refractivity contribution in [1.29, 1.82) is 0 Å². The van der Waals surface area contributed by atoms with E-state index >= 15 is 0 Å². The lowest BCUT2D eigenvalue weighted by molar-refractivity contribution is 0.355. The van der Waals surface area contributed by atoms with Gasteiger partial charge in [0, 0.05) is 18.8 Å². The molecule has 0 saturated carbocycles. The number of guanidine groups is 1. The number of aromatic amines is 1. The third-order valence-electron chi connectivity index (χ3n) is 3.57. The van der Waals surface area contributed by atoms with Crippen LogP contribution in [-0.4, -0.2) is 42.4 Å². The number of anilines is 1. The molecule has 1 aromatic carbocycles. The van der Waals surface area contributed by atoms with Crippen LogP contribution in [0.1, 0.15) is 5.82 Å². The fraction of sp³-hybridized carbons (Fsp3) is 0.235. The molecule has 0 aliphatic heterocycles. The van der Waals surface area contributed by atoms with Gasteiger partial charge in [0.05, 0.1) is 27.0 Å². The van der Waals surface area contributed by atoms with Crippen LogP contribution in [0.25, 0.3) is 11.6 Å². The van der Waals surface area contributed by atoms with Crippen LogP contribution in [0.4, 0.5) is 5.69 Å². The van der Waals surface area contributed by atoms with Crippen molar-refractivity contribution in [3.63, 3.8) is 0 Å². The fourth-order valence-electron chi connectivity index (χ4n) is 2.29. The molecule has 9 nitrogen and oxygen atoms in total. The smallest absolute Gasteiger partial charge is 0.216 e. The first-order valence-corrected chi connectivity index (χ1v) is 7.88. The summed E-state index contributed by atoms with van der Waals surface area (Å²) in [4.78, 5) is 8.57. The second-order valence-corrected chi connectivity index (χ2v) is 5.20. The van der Waals surface area contributed by atoms with E-state index in [0.717, 1.165) is 5.69 Å². The van der Waals surface area contributed by atoms with Gasteiger partial charge >= 0.3 is 0 Å². The van der Waals surface area contributed by atoms with E-state index in [-0.39, 0.29) is 0 Å². The molecule has 26 heavy (non-hydrogen) atoms. The van der Waals surface area contributed by atoms with E-state index in [1.807, 2.05) is 18.2 Å². The molecule has 0 saturated heterocycles. The lowest BCUT2D eigenvalue weighted by Crippen LogP contribution is -2.30. The van der Waals surface area contributed by atoms with Gasteiger partial charge in [-0.3, -0.25) is 10.1 Å². The van der Waals surface area contributed by atoms with Crippen molar-refractivity contribution in [3.8, 4) is 23.1 Å². The maximum atomic E-state index is 5.30. The Morgan fingerprint density at radius 3 is 2.77 bits per heavy atom. The van der Waals surface area contributed by atoms with Crippen molar-refractivity contribution in [2.45, 2.75) is 6.54 Å². The van der Waals surface area contributed by atoms with Gasteiger partial charge in [0.2, 0.25) is 5.82 Å². The van der Waals surface area contributed by atoms with Crippen molar-refractivity contribution in [2.75, 3.05) is 26.6 Å². The molecule has 9 heteroatoms. The highest BCUT2D eigenvalue weighted by Gasteiger charge is 2.09. The average molecular weight is 356 g/mol. The van der Waals surface area contributed by atoms with Crippen LogP contribution in [0, 0.1) is 0 Å². The first-order chi connectivity index (χ1) is 12.7. The molecule has 0 radical (unpaired) electrons. The Morgan fingerprint density at radius 2 is 2.08 bits per heavy atom. The molecule has 3 N–H and O–H groups in total. The van der Waals surface area contributed by atoms with Crippen LogP contribution in [-0.2, 0) is 6.54 Å². The van der Waals surface area contributed by atoms with E-state index in [9.17, 15) is 0 Å². The highest BCUT2D eigenvalue weighted by atomic mass is 16.5. The number of aromatic nitrogens is 3. The van der Waals surface area contributed by atoms with Crippen LogP contribution in [0.3, 0.4) is 0 Å². The summed E-state index contributed by atoms with van der Waals surface area (Å²) >= 11 is 0. The van der Waals surface area contributed by atoms with Crippen LogP contribution in [0.2, 0.25) is 0 Å². The lowest BCUT2D eigenvalue weighted by atomic mass is 10.3. The highest BCUT2D eigenvalue weighted by Crippen LogP contribution is 2.29. The molecule has 3 aromatic rings. The molecule has 136 valence electrons. The van der Waals surface area contributed by atoms with Gasteiger partial charge < -0.3 is 24.5 Å². The number of H-pyrrole nitrogens is 1. The number of nitrogens with zero attached hydrogens (tertiary/aromatic N) is 3. The van der Waals surface area contributed by atoms with E-state index in [2.05, 4.69) is 30.8 Å². The van der Waals surface area contributed by atoms with Crippen molar-refractivity contribution in [1.82, 2.24) is 20.5 Å². The third-order valence-corrected chi connectivity index (χ3v) is 3.57. The first kappa shape index (κ1) is 17.3. The number of methoxy groups -OCH3 is 2. The van der Waals surface area contributed by atoms with Crippen molar-refractivity contribution in [3.05, 3.63) is 42.4 Å². The van der Waals surface area contributed by atoms with Crippen molar-refractivity contribution in [2.24, 2.45) is 4.99 Å². The van der Waals surface area contributed by atoms with Crippen LogP contribution in [0.15, 0.2) is 46.0 Å². The molecule has 0 unspecified atom stereocenters. The SMILES string of the molecule is CN=C(NCc1nc(-c2ccco2)n[nH]1)Nc1ccc(OC)c(OC)c1. The molecule has 0 aliphatic rings. The molecule has 0 amide bonds. The van der Waals surface area contributed by atoms with Crippen molar-refractivity contribution >= 4 is 11.6 Å². The van der Waals surface area contributed by atoms with Gasteiger partial charge in [-0.1, -0.05) is 0 Å². The number of benzene rings is 1. The largest absolute Gasteiger partial charge is 0.493 e. The van der Waals surface area contributed by atoms with E-state index < -0.39 is 0 Å². The Kier molecular flexibility index (Phi) is 5.37. The molecule has 3 rings (SSSR count). The summed E-state index contributed by atoms with van der Waals surface area (Å²) in [6.45, 7) is 0.417. The predicted molar refractivity (Wildman–Crippen MR) is 97.5 cm³/mol. The minimum absolute atomic E-state index is 0.417. The van der Waals surface area contributed by atoms with Gasteiger partial charge in [-0.25, -0.2) is 4.98 Å². The number of hydrogen-bond donors (Lipinski definition) is 3. The lowest BCUT2D eigenvalue weighted by Gasteiger charge is -2.13. The van der Waals surface area contributed by atoms with E-state index in [0.29, 0.717) is 41.4 Å². The molecule has 0 atom stereocenters. The number of furan rings is 1. The van der Waals surface area contributed by atoms with Crippen LogP contribution < -0.4 is 20.1 Å². The summed E-state index contributed by atoms with van der Waals surface area (Å²) < 4.78 is 15.8. The van der Waals surface area contributed by atoms with Gasteiger partial charge in [0.1, 0.15) is 5.82 Å². The summed E-state index contributed by atoms with van der Waals surface area (Å²) in [5, 5.41) is 13.3. The summed E-state index contributed by atoms with van der Waals surface area (Å²) in [7, 11) is 4.87. The zero-order valence-electron chi connectivity index (χ0n) is 14.7. The first-order valence-electron chi connectivity index (χ1n) is 7.88. The van der Waals surface area contributed by atoms with Gasteiger partial charge in [-0.2, -0.15) is 0 Å². The van der Waals surface area contributed by atoms with Crippen molar-refractivity contribution < 1.29 is 13.9 Å². The Morgan fingerprint density at radius 1 is 1.23 bits per heavy atom. The maximum Gasteiger partial charge on any atom is 0.216 e. The van der Waals surface area contributed by atoms with Crippen LogP contribution >= 0.6 is 0 Å². The normalized spacial score (nSPS) is 11.3. The molecule has 0 aliphatic carbocycles. The van der Waals surface area contributed by atoms with E-state index in [1.165, 1.54) is 0 Å². The topological polar surface area (TPSA) is 110 Å². The monoisotopic (exact) mass is 356 g/mol. The zero-order valence-corrected chi connectivity index (χ0v) is 14.7. The molecular weight excluding hydrogens is 336 g/mol. The number of ether oxygens (including phenoxy) is 2. The summed E-state index contributed by atoms with van der Waals surface area (Å²) in [5.74, 6) is 3.65. The molecule has 0 fully saturated rings. The Labute approximate surface area is 150 Å². The Balaban J connectivity index is 1.62. The maximum absolute atomic E-state index is 5.30. The van der Waals surface area contributed by atoms with Crippen LogP contribution in [0.5, 0.6) is 11.5 Å². The second kappa shape index (κ2) is 8.06. The average Bonchev–Trinajstić information content (AvgIpc) is 3.36. The summed E-state index contributed by atoms with van der Waals surface area (Å²) in [5.41, 5.74) is 0.810. The van der Waals surface area contributed by atoms with Gasteiger partial charge in [-0.15, -0.1) is 5.10 Å². The summed E-state index contributed by atoms with van der Waals surface area (Å²) in [6.07, 6.45) is 1.58. The van der Waals surface area contributed by atoms with Gasteiger partial charge in [-0.05, 0) is 24.3 Å². The minimum atomic E-state index is 0.417. The molecular formula is C17H20N6O3. The van der Waals surface area contributed by atoms with Gasteiger partial charge in [0.25, 0.3) is 0 Å². The standard InChI is InChI=1S/C17H20N6O3/c1-18-17(20-11-6-7-12(24-2)14(9-11)25-3)19-10-15-21-16(23-22-15)13-5-4-8-26-13/h4-9H,10H2,1-3H3,(H2,18,19,20)(H,21,22,23). The number of hydrogen-bond acceptors (Lipinski definition) is 6. The van der Waals surface area contributed by atoms with Gasteiger partial charge in [0.15, 0.2) is 23.2 Å². The quantitative estimate of drug-likeness (QED) is 0.459. The van der Waals surface area contributed by atoms with E-state index in [4.69, 9.17) is 13.9 Å². The molecule has 0 spiro atoms. The third kappa shape index (κ3) is 3.94. The Bertz CT molecular complexity index is 873. The number of rotatable bonds is 6. The molecule has 0 bridgehead atoms. The number of aliphatic imine (C=N–C) groups is 1. The zero-order chi connectivity index (χ0) is 18.4. The predicted octanol–water partition coefficient (Wildman–Crippen LogP) is 2.27. The molecule has 2 aromatic heterocycles. The van der Waals surface area contributed by atoms with E-state index in [1.54, 1.807) is 39.7 Å². The highest BCUT2D eigenvalue weighted by molar-refractivity contribution is 5.93. The fourth-order valence-corrected chi connectivity index (χ4v) is 2.29. The Hall–Kier alpha value is -3.49. The number of nitrogens with one attached hydrogen (secondary N) is 3. The minimum Gasteiger partial charge on any atom is -0.493 e. The molecule has 2 heterocycles.